The maximum absolute atomic E-state index is 12.5. The monoisotopic (exact) mass is 465 g/mol. The van der Waals surface area contributed by atoms with Crippen LogP contribution < -0.4 is 15.4 Å². The fourth-order valence-electron chi connectivity index (χ4n) is 3.15. The molecule has 0 atom stereocenters. The van der Waals surface area contributed by atoms with Crippen LogP contribution in [0.5, 0.6) is 5.75 Å². The summed E-state index contributed by atoms with van der Waals surface area (Å²) < 4.78 is 7.14. The van der Waals surface area contributed by atoms with Crippen LogP contribution in [0.1, 0.15) is 27.3 Å². The summed E-state index contributed by atoms with van der Waals surface area (Å²) in [6.07, 6.45) is 1.72. The summed E-state index contributed by atoms with van der Waals surface area (Å²) in [5.74, 6) is 0.945. The second-order valence-corrected chi connectivity index (χ2v) is 8.33. The van der Waals surface area contributed by atoms with Crippen LogP contribution in [0.25, 0.3) is 0 Å². The molecular weight excluding hydrogens is 438 g/mol. The lowest BCUT2D eigenvalue weighted by molar-refractivity contribution is -0.113. The van der Waals surface area contributed by atoms with Gasteiger partial charge in [0, 0.05) is 12.1 Å². The third-order valence-electron chi connectivity index (χ3n) is 4.75. The number of anilines is 1. The molecule has 0 saturated heterocycles. The van der Waals surface area contributed by atoms with E-state index in [1.54, 1.807) is 19.3 Å². The van der Waals surface area contributed by atoms with Crippen LogP contribution in [0.15, 0.2) is 60.3 Å². The lowest BCUT2D eigenvalue weighted by atomic mass is 10.1. The van der Waals surface area contributed by atoms with Crippen LogP contribution in [0.3, 0.4) is 0 Å². The number of methoxy groups -OCH3 is 1. The van der Waals surface area contributed by atoms with Crippen LogP contribution >= 0.6 is 11.8 Å². The molecule has 8 nitrogen and oxygen atoms in total. The van der Waals surface area contributed by atoms with Crippen molar-refractivity contribution in [3.63, 3.8) is 0 Å². The van der Waals surface area contributed by atoms with Crippen LogP contribution in [-0.2, 0) is 17.9 Å². The number of amides is 2. The average Bonchev–Trinajstić information content (AvgIpc) is 3.18. The minimum Gasteiger partial charge on any atom is -0.495 e. The highest BCUT2D eigenvalue weighted by Crippen LogP contribution is 2.26. The Morgan fingerprint density at radius 2 is 1.94 bits per heavy atom. The number of nitrogens with zero attached hydrogens (tertiary/aromatic N) is 3. The fourth-order valence-corrected chi connectivity index (χ4v) is 3.92. The summed E-state index contributed by atoms with van der Waals surface area (Å²) in [4.78, 5) is 25.0. The molecule has 2 amide bonds. The molecule has 9 heteroatoms. The highest BCUT2D eigenvalue weighted by Gasteiger charge is 2.16. The molecule has 172 valence electrons. The normalized spacial score (nSPS) is 10.5. The van der Waals surface area contributed by atoms with Crippen molar-refractivity contribution in [2.24, 2.45) is 0 Å². The number of hydrogen-bond donors (Lipinski definition) is 2. The Labute approximate surface area is 197 Å². The number of rotatable bonds is 10. The first-order chi connectivity index (χ1) is 15.9. The second kappa shape index (κ2) is 11.3. The third-order valence-corrected chi connectivity index (χ3v) is 5.72. The zero-order valence-corrected chi connectivity index (χ0v) is 19.7. The molecule has 33 heavy (non-hydrogen) atoms. The Bertz CT molecular complexity index is 1160. The Kier molecular flexibility index (Phi) is 8.26. The Morgan fingerprint density at radius 3 is 2.67 bits per heavy atom. The van der Waals surface area contributed by atoms with Gasteiger partial charge in [0.25, 0.3) is 5.91 Å². The second-order valence-electron chi connectivity index (χ2n) is 7.39. The predicted molar refractivity (Wildman–Crippen MR) is 130 cm³/mol. The SMILES string of the molecule is C=CCn1c(CNC(=O)c2cccc(C)c2)nnc1SCC(=O)Nc1cc(C)ccc1OC. The van der Waals surface area contributed by atoms with E-state index in [9.17, 15) is 9.59 Å². The van der Waals surface area contributed by atoms with Gasteiger partial charge in [0.15, 0.2) is 11.0 Å². The maximum Gasteiger partial charge on any atom is 0.251 e. The summed E-state index contributed by atoms with van der Waals surface area (Å²) in [6, 6.07) is 13.0. The number of aryl methyl sites for hydroxylation is 2. The quantitative estimate of drug-likeness (QED) is 0.350. The van der Waals surface area contributed by atoms with Gasteiger partial charge in [-0.3, -0.25) is 9.59 Å². The van der Waals surface area contributed by atoms with Gasteiger partial charge in [-0.2, -0.15) is 0 Å². The van der Waals surface area contributed by atoms with Gasteiger partial charge in [0.05, 0.1) is 25.1 Å². The van der Waals surface area contributed by atoms with E-state index in [2.05, 4.69) is 27.4 Å². The molecule has 0 aliphatic carbocycles. The number of thioether (sulfide) groups is 1. The van der Waals surface area contributed by atoms with Gasteiger partial charge in [0.2, 0.25) is 5.91 Å². The lowest BCUT2D eigenvalue weighted by Crippen LogP contribution is -2.25. The highest BCUT2D eigenvalue weighted by molar-refractivity contribution is 7.99. The van der Waals surface area contributed by atoms with Crippen molar-refractivity contribution in [3.05, 3.63) is 77.6 Å². The van der Waals surface area contributed by atoms with E-state index in [1.807, 2.05) is 54.8 Å². The van der Waals surface area contributed by atoms with E-state index in [4.69, 9.17) is 4.74 Å². The van der Waals surface area contributed by atoms with Gasteiger partial charge in [-0.1, -0.05) is 41.6 Å². The number of hydrogen-bond acceptors (Lipinski definition) is 6. The molecule has 3 aromatic rings. The summed E-state index contributed by atoms with van der Waals surface area (Å²) in [5, 5.41) is 14.7. The fraction of sp³-hybridized carbons (Fsp3) is 0.250. The zero-order valence-electron chi connectivity index (χ0n) is 18.9. The summed E-state index contributed by atoms with van der Waals surface area (Å²) in [5.41, 5.74) is 3.23. The number of benzene rings is 2. The zero-order chi connectivity index (χ0) is 23.8. The molecule has 0 radical (unpaired) electrons. The number of carbonyl (C=O) groups excluding carboxylic acids is 2. The summed E-state index contributed by atoms with van der Waals surface area (Å²) >= 11 is 1.26. The van der Waals surface area contributed by atoms with Gasteiger partial charge >= 0.3 is 0 Å². The van der Waals surface area contributed by atoms with E-state index in [-0.39, 0.29) is 24.1 Å². The first-order valence-electron chi connectivity index (χ1n) is 10.4. The smallest absolute Gasteiger partial charge is 0.251 e. The van der Waals surface area contributed by atoms with Crippen molar-refractivity contribution >= 4 is 29.3 Å². The van der Waals surface area contributed by atoms with E-state index in [0.717, 1.165) is 11.1 Å². The number of carbonyl (C=O) groups is 2. The van der Waals surface area contributed by atoms with E-state index in [0.29, 0.717) is 34.5 Å². The lowest BCUT2D eigenvalue weighted by Gasteiger charge is -2.11. The highest BCUT2D eigenvalue weighted by atomic mass is 32.2. The first-order valence-corrected chi connectivity index (χ1v) is 11.3. The van der Waals surface area contributed by atoms with Crippen LogP contribution in [0, 0.1) is 13.8 Å². The van der Waals surface area contributed by atoms with Gasteiger partial charge in [0.1, 0.15) is 5.75 Å². The molecule has 0 spiro atoms. The molecule has 3 rings (SSSR count). The number of nitrogens with one attached hydrogen (secondary N) is 2. The van der Waals surface area contributed by atoms with Crippen molar-refractivity contribution < 1.29 is 14.3 Å². The molecule has 0 bridgehead atoms. The third kappa shape index (κ3) is 6.45. The average molecular weight is 466 g/mol. The minimum absolute atomic E-state index is 0.141. The molecule has 0 unspecified atom stereocenters. The largest absolute Gasteiger partial charge is 0.495 e. The number of aromatic nitrogens is 3. The predicted octanol–water partition coefficient (Wildman–Crippen LogP) is 3.75. The number of allylic oxidation sites excluding steroid dienone is 1. The first kappa shape index (κ1) is 24.1. The van der Waals surface area contributed by atoms with Crippen LogP contribution in [0.4, 0.5) is 5.69 Å². The molecule has 0 saturated carbocycles. The van der Waals surface area contributed by atoms with Crippen molar-refractivity contribution in [2.45, 2.75) is 32.1 Å². The van der Waals surface area contributed by atoms with E-state index in [1.165, 1.54) is 11.8 Å². The maximum atomic E-state index is 12.5. The van der Waals surface area contributed by atoms with Crippen molar-refractivity contribution in [1.29, 1.82) is 0 Å². The van der Waals surface area contributed by atoms with Crippen molar-refractivity contribution in [2.75, 3.05) is 18.2 Å². The number of ether oxygens (including phenoxy) is 1. The molecule has 1 aromatic heterocycles. The van der Waals surface area contributed by atoms with Gasteiger partial charge in [-0.25, -0.2) is 0 Å². The molecule has 0 fully saturated rings. The van der Waals surface area contributed by atoms with Gasteiger partial charge < -0.3 is 19.9 Å². The van der Waals surface area contributed by atoms with Crippen LogP contribution in [-0.4, -0.2) is 39.4 Å². The standard InChI is InChI=1S/C24H27N5O3S/c1-5-11-29-21(14-25-23(31)18-8-6-7-16(2)12-18)27-28-24(29)33-15-22(30)26-19-13-17(3)9-10-20(19)32-4/h5-10,12-13H,1,11,14-15H2,2-4H3,(H,25,31)(H,26,30). The molecule has 0 aliphatic heterocycles. The summed E-state index contributed by atoms with van der Waals surface area (Å²) in [6.45, 7) is 8.33. The van der Waals surface area contributed by atoms with Crippen molar-refractivity contribution in [1.82, 2.24) is 20.1 Å². The van der Waals surface area contributed by atoms with Gasteiger partial charge in [-0.05, 0) is 43.7 Å². The Hall–Kier alpha value is -3.59. The molecule has 2 N–H and O–H groups in total. The van der Waals surface area contributed by atoms with Crippen molar-refractivity contribution in [3.8, 4) is 5.75 Å². The summed E-state index contributed by atoms with van der Waals surface area (Å²) in [7, 11) is 1.56. The molecular formula is C24H27N5O3S. The van der Waals surface area contributed by atoms with Gasteiger partial charge in [-0.15, -0.1) is 16.8 Å². The topological polar surface area (TPSA) is 98.1 Å². The minimum atomic E-state index is -0.189. The Balaban J connectivity index is 1.63. The molecule has 2 aromatic carbocycles. The van der Waals surface area contributed by atoms with Crippen LogP contribution in [0.2, 0.25) is 0 Å². The van der Waals surface area contributed by atoms with E-state index >= 15 is 0 Å². The Morgan fingerprint density at radius 1 is 1.15 bits per heavy atom. The van der Waals surface area contributed by atoms with E-state index < -0.39 is 0 Å². The molecule has 1 heterocycles. The molecule has 0 aliphatic rings.